The topological polar surface area (TPSA) is 72.2 Å². The van der Waals surface area contributed by atoms with Gasteiger partial charge in [-0.2, -0.15) is 0 Å². The summed E-state index contributed by atoms with van der Waals surface area (Å²) >= 11 is 0. The van der Waals surface area contributed by atoms with Crippen LogP contribution in [0.1, 0.15) is 19.7 Å². The number of hydrogen-bond donors (Lipinski definition) is 2. The highest BCUT2D eigenvalue weighted by Gasteiger charge is 2.08. The minimum atomic E-state index is -0.458. The SMILES string of the molecule is COc1ccc(Nc2nnc(CNCC(C)C)o2)cc1F. The van der Waals surface area contributed by atoms with Gasteiger partial charge < -0.3 is 19.8 Å². The van der Waals surface area contributed by atoms with Gasteiger partial charge in [0.25, 0.3) is 0 Å². The lowest BCUT2D eigenvalue weighted by Crippen LogP contribution is -2.19. The first-order valence-corrected chi connectivity index (χ1v) is 6.72. The van der Waals surface area contributed by atoms with Gasteiger partial charge in [-0.05, 0) is 24.6 Å². The fourth-order valence-corrected chi connectivity index (χ4v) is 1.71. The molecule has 0 aliphatic carbocycles. The highest BCUT2D eigenvalue weighted by molar-refractivity contribution is 5.53. The second-order valence-electron chi connectivity index (χ2n) is 5.00. The summed E-state index contributed by atoms with van der Waals surface area (Å²) in [6.45, 7) is 5.61. The zero-order valence-corrected chi connectivity index (χ0v) is 12.3. The number of nitrogens with one attached hydrogen (secondary N) is 2. The highest BCUT2D eigenvalue weighted by atomic mass is 19.1. The molecule has 2 rings (SSSR count). The fraction of sp³-hybridized carbons (Fsp3) is 0.429. The molecule has 2 aromatic rings. The van der Waals surface area contributed by atoms with Gasteiger partial charge in [-0.1, -0.05) is 18.9 Å². The second kappa shape index (κ2) is 7.03. The van der Waals surface area contributed by atoms with Crippen LogP contribution >= 0.6 is 0 Å². The van der Waals surface area contributed by atoms with Crippen LogP contribution in [-0.4, -0.2) is 23.9 Å². The molecule has 0 spiro atoms. The van der Waals surface area contributed by atoms with E-state index < -0.39 is 5.82 Å². The van der Waals surface area contributed by atoms with E-state index in [-0.39, 0.29) is 11.8 Å². The Labute approximate surface area is 122 Å². The van der Waals surface area contributed by atoms with Gasteiger partial charge in [-0.3, -0.25) is 0 Å². The summed E-state index contributed by atoms with van der Waals surface area (Å²) in [7, 11) is 1.42. The molecule has 0 bridgehead atoms. The lowest BCUT2D eigenvalue weighted by atomic mass is 10.2. The van der Waals surface area contributed by atoms with E-state index in [0.717, 1.165) is 6.54 Å². The van der Waals surface area contributed by atoms with Crippen LogP contribution in [0, 0.1) is 11.7 Å². The Bertz CT molecular complexity index is 586. The summed E-state index contributed by atoms with van der Waals surface area (Å²) in [4.78, 5) is 0. The molecule has 0 amide bonds. The third-order valence-electron chi connectivity index (χ3n) is 2.70. The predicted molar refractivity (Wildman–Crippen MR) is 77.1 cm³/mol. The van der Waals surface area contributed by atoms with Crippen molar-refractivity contribution < 1.29 is 13.5 Å². The van der Waals surface area contributed by atoms with E-state index in [4.69, 9.17) is 9.15 Å². The summed E-state index contributed by atoms with van der Waals surface area (Å²) < 4.78 is 23.8. The lowest BCUT2D eigenvalue weighted by Gasteiger charge is -2.05. The molecule has 7 heteroatoms. The van der Waals surface area contributed by atoms with Crippen LogP contribution in [0.3, 0.4) is 0 Å². The third-order valence-corrected chi connectivity index (χ3v) is 2.70. The third kappa shape index (κ3) is 4.42. The predicted octanol–water partition coefficient (Wildman–Crippen LogP) is 2.71. The number of halogens is 1. The molecule has 1 aromatic heterocycles. The van der Waals surface area contributed by atoms with E-state index >= 15 is 0 Å². The Balaban J connectivity index is 1.94. The molecular formula is C14H19FN4O2. The summed E-state index contributed by atoms with van der Waals surface area (Å²) in [5, 5.41) is 13.8. The first kappa shape index (κ1) is 15.2. The summed E-state index contributed by atoms with van der Waals surface area (Å²) in [6.07, 6.45) is 0. The van der Waals surface area contributed by atoms with Crippen molar-refractivity contribution in [1.82, 2.24) is 15.5 Å². The van der Waals surface area contributed by atoms with Crippen LogP contribution in [0.15, 0.2) is 22.6 Å². The van der Waals surface area contributed by atoms with Gasteiger partial charge in [0, 0.05) is 11.8 Å². The van der Waals surface area contributed by atoms with Crippen LogP contribution in [-0.2, 0) is 6.54 Å². The van der Waals surface area contributed by atoms with Crippen LogP contribution < -0.4 is 15.4 Å². The molecule has 0 aliphatic rings. The molecule has 0 fully saturated rings. The van der Waals surface area contributed by atoms with E-state index in [9.17, 15) is 4.39 Å². The fourth-order valence-electron chi connectivity index (χ4n) is 1.71. The van der Waals surface area contributed by atoms with E-state index in [1.807, 2.05) is 0 Å². The van der Waals surface area contributed by atoms with Crippen molar-refractivity contribution in [3.63, 3.8) is 0 Å². The van der Waals surface area contributed by atoms with Gasteiger partial charge in [0.1, 0.15) is 0 Å². The van der Waals surface area contributed by atoms with E-state index in [1.54, 1.807) is 6.07 Å². The molecule has 0 aliphatic heterocycles. The van der Waals surface area contributed by atoms with Gasteiger partial charge >= 0.3 is 6.01 Å². The summed E-state index contributed by atoms with van der Waals surface area (Å²) in [5.74, 6) is 0.755. The Kier molecular flexibility index (Phi) is 5.10. The monoisotopic (exact) mass is 294 g/mol. The highest BCUT2D eigenvalue weighted by Crippen LogP contribution is 2.22. The molecule has 0 radical (unpaired) electrons. The molecule has 114 valence electrons. The second-order valence-corrected chi connectivity index (χ2v) is 5.00. The molecule has 0 unspecified atom stereocenters. The van der Waals surface area contributed by atoms with Crippen molar-refractivity contribution in [2.45, 2.75) is 20.4 Å². The first-order chi connectivity index (χ1) is 10.1. The summed E-state index contributed by atoms with van der Waals surface area (Å²) in [5.41, 5.74) is 0.513. The zero-order valence-electron chi connectivity index (χ0n) is 12.3. The lowest BCUT2D eigenvalue weighted by molar-refractivity contribution is 0.386. The zero-order chi connectivity index (χ0) is 15.2. The van der Waals surface area contributed by atoms with Crippen molar-refractivity contribution in [3.8, 4) is 5.75 Å². The molecule has 0 saturated heterocycles. The Hall–Kier alpha value is -2.15. The van der Waals surface area contributed by atoms with Gasteiger partial charge in [0.05, 0.1) is 13.7 Å². The molecule has 1 aromatic carbocycles. The van der Waals surface area contributed by atoms with Crippen LogP contribution in [0.2, 0.25) is 0 Å². The maximum Gasteiger partial charge on any atom is 0.320 e. The van der Waals surface area contributed by atoms with Crippen molar-refractivity contribution >= 4 is 11.7 Å². The molecule has 1 heterocycles. The average molecular weight is 294 g/mol. The first-order valence-electron chi connectivity index (χ1n) is 6.72. The largest absolute Gasteiger partial charge is 0.494 e. The smallest absolute Gasteiger partial charge is 0.320 e. The molecule has 6 nitrogen and oxygen atoms in total. The number of anilines is 2. The minimum absolute atomic E-state index is 0.185. The van der Waals surface area contributed by atoms with E-state index in [0.29, 0.717) is 24.0 Å². The Morgan fingerprint density at radius 1 is 1.33 bits per heavy atom. The van der Waals surface area contributed by atoms with Gasteiger partial charge in [-0.15, -0.1) is 5.10 Å². The molecule has 21 heavy (non-hydrogen) atoms. The number of rotatable bonds is 7. The number of hydrogen-bond acceptors (Lipinski definition) is 6. The molecule has 0 saturated carbocycles. The maximum absolute atomic E-state index is 13.6. The number of nitrogens with zero attached hydrogens (tertiary/aromatic N) is 2. The number of benzene rings is 1. The van der Waals surface area contributed by atoms with Crippen LogP contribution in [0.25, 0.3) is 0 Å². The molecule has 2 N–H and O–H groups in total. The van der Waals surface area contributed by atoms with E-state index in [1.165, 1.54) is 19.2 Å². The minimum Gasteiger partial charge on any atom is -0.494 e. The molecular weight excluding hydrogens is 275 g/mol. The number of ether oxygens (including phenoxy) is 1. The van der Waals surface area contributed by atoms with Gasteiger partial charge in [0.15, 0.2) is 11.6 Å². The van der Waals surface area contributed by atoms with Crippen LogP contribution in [0.4, 0.5) is 16.1 Å². The van der Waals surface area contributed by atoms with Gasteiger partial charge in [-0.25, -0.2) is 4.39 Å². The van der Waals surface area contributed by atoms with E-state index in [2.05, 4.69) is 34.7 Å². The Morgan fingerprint density at radius 2 is 2.14 bits per heavy atom. The normalized spacial score (nSPS) is 10.9. The van der Waals surface area contributed by atoms with Crippen LogP contribution in [0.5, 0.6) is 5.75 Å². The molecule has 0 atom stereocenters. The van der Waals surface area contributed by atoms with Crippen molar-refractivity contribution in [1.29, 1.82) is 0 Å². The number of aromatic nitrogens is 2. The average Bonchev–Trinajstić information content (AvgIpc) is 2.86. The summed E-state index contributed by atoms with van der Waals surface area (Å²) in [6, 6.07) is 4.72. The van der Waals surface area contributed by atoms with Crippen molar-refractivity contribution in [2.24, 2.45) is 5.92 Å². The van der Waals surface area contributed by atoms with Crippen molar-refractivity contribution in [2.75, 3.05) is 19.0 Å². The standard InChI is InChI=1S/C14H19FN4O2/c1-9(2)7-16-8-13-18-19-14(21-13)17-10-4-5-12(20-3)11(15)6-10/h4-6,9,16H,7-8H2,1-3H3,(H,17,19). The van der Waals surface area contributed by atoms with Crippen molar-refractivity contribution in [3.05, 3.63) is 29.9 Å². The maximum atomic E-state index is 13.6. The quantitative estimate of drug-likeness (QED) is 0.818. The Morgan fingerprint density at radius 3 is 2.81 bits per heavy atom. The van der Waals surface area contributed by atoms with Gasteiger partial charge in [0.2, 0.25) is 5.89 Å². The number of methoxy groups -OCH3 is 1.